The second kappa shape index (κ2) is 19.8. The van der Waals surface area contributed by atoms with Crippen LogP contribution in [0, 0.1) is 23.7 Å². The molecule has 0 spiro atoms. The molecule has 0 bridgehead atoms. The molecule has 74 heavy (non-hydrogen) atoms. The van der Waals surface area contributed by atoms with Gasteiger partial charge in [0.05, 0.1) is 27.4 Å². The van der Waals surface area contributed by atoms with E-state index in [1.165, 1.54) is 94.3 Å². The Labute approximate surface area is 441 Å². The summed E-state index contributed by atoms with van der Waals surface area (Å²) in [6, 6.07) is 48.1. The number of anilines is 1. The molecule has 1 fully saturated rings. The van der Waals surface area contributed by atoms with Gasteiger partial charge in [0.15, 0.2) is 5.60 Å². The number of hydrogen-bond acceptors (Lipinski definition) is 5. The molecule has 0 saturated carbocycles. The normalized spacial score (nSPS) is 20.6. The van der Waals surface area contributed by atoms with Crippen LogP contribution in [0.15, 0.2) is 133 Å². The number of methoxy groups -OCH3 is 2. The highest BCUT2D eigenvalue weighted by Crippen LogP contribution is 2.61. The van der Waals surface area contributed by atoms with Gasteiger partial charge in [0.1, 0.15) is 17.2 Å². The molecule has 5 nitrogen and oxygen atoms in total. The van der Waals surface area contributed by atoms with E-state index in [2.05, 4.69) is 188 Å². The van der Waals surface area contributed by atoms with Gasteiger partial charge in [-0.15, -0.1) is 0 Å². The Morgan fingerprint density at radius 3 is 1.78 bits per heavy atom. The molecule has 382 valence electrons. The molecule has 5 unspecified atom stereocenters. The monoisotopic (exact) mass is 984 g/mol. The first-order valence-electron chi connectivity index (χ1n) is 28.0. The fourth-order valence-electron chi connectivity index (χ4n) is 14.0. The molecule has 1 saturated heterocycles. The summed E-state index contributed by atoms with van der Waals surface area (Å²) in [5, 5.41) is 2.21. The van der Waals surface area contributed by atoms with Crippen LogP contribution in [0.2, 0.25) is 0 Å². The molecule has 5 atom stereocenters. The van der Waals surface area contributed by atoms with Crippen molar-refractivity contribution in [2.24, 2.45) is 23.7 Å². The fraction of sp³-hybridized carbons (Fsp3) is 0.391. The van der Waals surface area contributed by atoms with Crippen LogP contribution in [0.5, 0.6) is 17.2 Å². The van der Waals surface area contributed by atoms with Crippen molar-refractivity contribution >= 4 is 22.5 Å². The van der Waals surface area contributed by atoms with E-state index in [1.807, 2.05) is 12.1 Å². The van der Waals surface area contributed by atoms with Crippen LogP contribution in [0.3, 0.4) is 0 Å². The third kappa shape index (κ3) is 8.06. The Morgan fingerprint density at radius 1 is 0.581 bits per heavy atom. The van der Waals surface area contributed by atoms with Gasteiger partial charge in [-0.2, -0.15) is 0 Å². The van der Waals surface area contributed by atoms with Crippen molar-refractivity contribution in [3.05, 3.63) is 172 Å². The van der Waals surface area contributed by atoms with Crippen LogP contribution in [0.1, 0.15) is 133 Å². The van der Waals surface area contributed by atoms with Crippen LogP contribution in [0.4, 0.5) is 5.69 Å². The molecule has 0 aromatic heterocycles. The van der Waals surface area contributed by atoms with Crippen molar-refractivity contribution in [2.45, 2.75) is 110 Å². The van der Waals surface area contributed by atoms with E-state index in [9.17, 15) is 0 Å². The van der Waals surface area contributed by atoms with Gasteiger partial charge in [-0.25, -0.2) is 0 Å². The maximum atomic E-state index is 7.75. The van der Waals surface area contributed by atoms with Crippen molar-refractivity contribution in [1.82, 2.24) is 0 Å². The molecule has 11 rings (SSSR count). The summed E-state index contributed by atoms with van der Waals surface area (Å²) in [4.78, 5) is 2.40. The molecule has 7 aromatic carbocycles. The van der Waals surface area contributed by atoms with Crippen LogP contribution < -0.4 is 19.1 Å². The minimum Gasteiger partial charge on any atom is -0.497 e. The average molecular weight is 984 g/mol. The molecule has 2 heterocycles. The third-order valence-electron chi connectivity index (χ3n) is 18.8. The Kier molecular flexibility index (Phi) is 13.3. The van der Waals surface area contributed by atoms with Crippen molar-refractivity contribution < 1.29 is 18.9 Å². The first kappa shape index (κ1) is 49.9. The highest BCUT2D eigenvalue weighted by molar-refractivity contribution is 6.09. The summed E-state index contributed by atoms with van der Waals surface area (Å²) in [6.45, 7) is 22.7. The predicted molar refractivity (Wildman–Crippen MR) is 308 cm³/mol. The van der Waals surface area contributed by atoms with Crippen LogP contribution >= 0.6 is 0 Å². The van der Waals surface area contributed by atoms with Crippen LogP contribution in [-0.2, 0) is 21.2 Å². The number of fused-ring (bicyclic) bond motifs is 11. The Hall–Kier alpha value is -6.30. The highest BCUT2D eigenvalue weighted by atomic mass is 16.5. The SMILES string of the molecule is CCC(C)C(CC)CC1(CC(CC)C(C)CC)c2ccccc2-c2ccc(-c3ccc4c(c3)C(C)(C)c3c5c(c6ccc(OC)cc6c3-4)OC(c3ccc(OC)cc3)(c3ccc(N4CCOCC4)cc3)C=C5)cc21. The zero-order valence-corrected chi connectivity index (χ0v) is 45.7. The maximum absolute atomic E-state index is 7.75. The molecule has 0 radical (unpaired) electrons. The Bertz CT molecular complexity index is 3210. The molecule has 0 amide bonds. The smallest absolute Gasteiger partial charge is 0.178 e. The van der Waals surface area contributed by atoms with E-state index in [0.717, 1.165) is 71.0 Å². The van der Waals surface area contributed by atoms with Crippen molar-refractivity contribution in [1.29, 1.82) is 0 Å². The largest absolute Gasteiger partial charge is 0.497 e. The zero-order chi connectivity index (χ0) is 51.5. The molecular weight excluding hydrogens is 907 g/mol. The molecule has 0 N–H and O–H groups in total. The van der Waals surface area contributed by atoms with Crippen molar-refractivity contribution in [2.75, 3.05) is 45.4 Å². The minimum absolute atomic E-state index is 0.0580. The summed E-state index contributed by atoms with van der Waals surface area (Å²) in [5.74, 6) is 5.12. The summed E-state index contributed by atoms with van der Waals surface area (Å²) in [6.07, 6.45) is 11.8. The summed E-state index contributed by atoms with van der Waals surface area (Å²) in [7, 11) is 3.48. The van der Waals surface area contributed by atoms with Gasteiger partial charge in [0.2, 0.25) is 0 Å². The number of rotatable bonds is 16. The number of benzene rings is 7. The highest BCUT2D eigenvalue weighted by Gasteiger charge is 2.48. The first-order valence-corrected chi connectivity index (χ1v) is 28.0. The molecule has 5 heteroatoms. The van der Waals surface area contributed by atoms with Gasteiger partial charge in [-0.3, -0.25) is 0 Å². The second-order valence-electron chi connectivity index (χ2n) is 22.7. The van der Waals surface area contributed by atoms with E-state index in [0.29, 0.717) is 23.7 Å². The van der Waals surface area contributed by atoms with Gasteiger partial charge in [-0.05, 0) is 158 Å². The fourth-order valence-corrected chi connectivity index (χ4v) is 14.0. The number of hydrogen-bond donors (Lipinski definition) is 0. The molecule has 2 aliphatic carbocycles. The number of nitrogens with zero attached hydrogens (tertiary/aromatic N) is 1. The lowest BCUT2D eigenvalue weighted by molar-refractivity contribution is 0.122. The van der Waals surface area contributed by atoms with E-state index in [1.54, 1.807) is 19.8 Å². The average Bonchev–Trinajstić information content (AvgIpc) is 3.88. The maximum Gasteiger partial charge on any atom is 0.178 e. The van der Waals surface area contributed by atoms with E-state index in [-0.39, 0.29) is 10.8 Å². The number of morpholine rings is 1. The standard InChI is InChI=1S/C69H77NO4/c1-11-44(5)46(13-3)42-68(43-47(14-4)45(6)12-2)61-18-16-15-17-55(61)56-30-19-49(40-63(56)68)48-20-31-58-62(39-48)67(7,8)65-59-33-34-69(51-23-27-53(71-9)28-24-51,50-21-25-52(26-22-50)70-35-37-73-38-36-70)74-66(59)57-32-29-54(72-10)41-60(57)64(58)65/h15-34,39-41,44-47H,11-14,35-38,42-43H2,1-10H3. The van der Waals surface area contributed by atoms with E-state index < -0.39 is 5.60 Å². The second-order valence-corrected chi connectivity index (χ2v) is 22.7. The van der Waals surface area contributed by atoms with Crippen LogP contribution in [-0.4, -0.2) is 40.5 Å². The van der Waals surface area contributed by atoms with Gasteiger partial charge >= 0.3 is 0 Å². The van der Waals surface area contributed by atoms with E-state index in [4.69, 9.17) is 18.9 Å². The molecule has 7 aromatic rings. The summed E-state index contributed by atoms with van der Waals surface area (Å²) in [5.41, 5.74) is 16.8. The summed E-state index contributed by atoms with van der Waals surface area (Å²) >= 11 is 0. The van der Waals surface area contributed by atoms with Gasteiger partial charge in [-0.1, -0.05) is 160 Å². The Balaban J connectivity index is 1.06. The zero-order valence-electron chi connectivity index (χ0n) is 45.7. The molecular formula is C69H77NO4. The predicted octanol–water partition coefficient (Wildman–Crippen LogP) is 17.2. The van der Waals surface area contributed by atoms with Crippen LogP contribution in [0.25, 0.3) is 50.2 Å². The topological polar surface area (TPSA) is 40.2 Å². The summed E-state index contributed by atoms with van der Waals surface area (Å²) < 4.78 is 25.1. The molecule has 4 aliphatic rings. The molecule has 2 aliphatic heterocycles. The van der Waals surface area contributed by atoms with Gasteiger partial charge in [0, 0.05) is 51.7 Å². The van der Waals surface area contributed by atoms with Crippen molar-refractivity contribution in [3.8, 4) is 50.6 Å². The van der Waals surface area contributed by atoms with E-state index >= 15 is 0 Å². The minimum atomic E-state index is -0.910. The van der Waals surface area contributed by atoms with Crippen molar-refractivity contribution in [3.63, 3.8) is 0 Å². The number of ether oxygens (including phenoxy) is 4. The lowest BCUT2D eigenvalue weighted by atomic mass is 9.63. The Morgan fingerprint density at radius 2 is 1.16 bits per heavy atom. The quantitative estimate of drug-likeness (QED) is 0.0965. The third-order valence-corrected chi connectivity index (χ3v) is 18.8. The van der Waals surface area contributed by atoms with Gasteiger partial charge < -0.3 is 23.8 Å². The lowest BCUT2D eigenvalue weighted by Gasteiger charge is -2.41. The lowest BCUT2D eigenvalue weighted by Crippen LogP contribution is -2.37. The van der Waals surface area contributed by atoms with Gasteiger partial charge in [0.25, 0.3) is 0 Å². The first-order chi connectivity index (χ1) is 35.9.